The third-order valence-corrected chi connectivity index (χ3v) is 5.41. The van der Waals surface area contributed by atoms with Crippen LogP contribution in [0.15, 0.2) is 36.4 Å². The van der Waals surface area contributed by atoms with E-state index in [0.717, 1.165) is 0 Å². The van der Waals surface area contributed by atoms with Crippen LogP contribution in [0.4, 0.5) is 0 Å². The van der Waals surface area contributed by atoms with E-state index in [-0.39, 0.29) is 26.4 Å². The Hall–Kier alpha value is -3.58. The average molecular weight is 565 g/mol. The number of benzene rings is 2. The SMILES string of the molecule is COC(=O)c1ccc2c(c1)OCCOCCOCCOc1cc(C(=O)OC)ccc1OCCOCCOCCO2. The van der Waals surface area contributed by atoms with Crippen LogP contribution < -0.4 is 18.9 Å². The van der Waals surface area contributed by atoms with Crippen molar-refractivity contribution in [3.05, 3.63) is 47.5 Å². The van der Waals surface area contributed by atoms with E-state index in [2.05, 4.69) is 0 Å². The second kappa shape index (κ2) is 17.9. The lowest BCUT2D eigenvalue weighted by atomic mass is 10.2. The molecule has 12 heteroatoms. The summed E-state index contributed by atoms with van der Waals surface area (Å²) in [6, 6.07) is 9.65. The van der Waals surface area contributed by atoms with E-state index >= 15 is 0 Å². The number of hydrogen-bond donors (Lipinski definition) is 0. The molecule has 0 aliphatic carbocycles. The maximum atomic E-state index is 11.9. The van der Waals surface area contributed by atoms with Gasteiger partial charge in [0.25, 0.3) is 0 Å². The minimum absolute atomic E-state index is 0.233. The average Bonchev–Trinajstić information content (AvgIpc) is 2.98. The fraction of sp³-hybridized carbons (Fsp3) is 0.500. The first kappa shape index (κ1) is 31.0. The van der Waals surface area contributed by atoms with E-state index in [0.29, 0.717) is 87.0 Å². The van der Waals surface area contributed by atoms with Gasteiger partial charge in [-0.05, 0) is 36.4 Å². The Balaban J connectivity index is 1.55. The molecule has 0 radical (unpaired) electrons. The van der Waals surface area contributed by atoms with Gasteiger partial charge in [-0.15, -0.1) is 0 Å². The van der Waals surface area contributed by atoms with Crippen LogP contribution in [0.3, 0.4) is 0 Å². The molecule has 0 N–H and O–H groups in total. The van der Waals surface area contributed by atoms with Gasteiger partial charge in [-0.1, -0.05) is 0 Å². The molecular weight excluding hydrogens is 528 g/mol. The van der Waals surface area contributed by atoms with E-state index in [4.69, 9.17) is 47.4 Å². The van der Waals surface area contributed by atoms with Crippen molar-refractivity contribution in [3.8, 4) is 23.0 Å². The Labute approximate surface area is 233 Å². The molecule has 0 saturated carbocycles. The molecule has 2 aromatic carbocycles. The van der Waals surface area contributed by atoms with Gasteiger partial charge in [-0.3, -0.25) is 0 Å². The van der Waals surface area contributed by atoms with Gasteiger partial charge in [0.1, 0.15) is 26.4 Å². The van der Waals surface area contributed by atoms with Gasteiger partial charge in [-0.2, -0.15) is 0 Å². The number of ether oxygens (including phenoxy) is 10. The standard InChI is InChI=1S/C28H36O12/c1-31-27(29)21-3-5-23-25(19-21)39-17-13-35-9-10-36-14-18-40-26-20-22(28(30)32-2)4-6-24(26)38-16-12-34-8-7-33-11-15-37-23/h3-6,19-20H,7-18H2,1-2H3. The molecule has 0 fully saturated rings. The molecule has 0 spiro atoms. The van der Waals surface area contributed by atoms with Crippen LogP contribution in [0.5, 0.6) is 23.0 Å². The quantitative estimate of drug-likeness (QED) is 0.498. The van der Waals surface area contributed by atoms with Gasteiger partial charge in [0.15, 0.2) is 23.0 Å². The Morgan fingerprint density at radius 2 is 0.775 bits per heavy atom. The molecular formula is C28H36O12. The molecule has 0 atom stereocenters. The predicted octanol–water partition coefficient (Wildman–Crippen LogP) is 2.56. The van der Waals surface area contributed by atoms with Crippen LogP contribution in [0.25, 0.3) is 0 Å². The van der Waals surface area contributed by atoms with E-state index in [1.165, 1.54) is 14.2 Å². The van der Waals surface area contributed by atoms with Crippen molar-refractivity contribution in [1.29, 1.82) is 0 Å². The number of carbonyl (C=O) groups excluding carboxylic acids is 2. The smallest absolute Gasteiger partial charge is 0.337 e. The van der Waals surface area contributed by atoms with Crippen LogP contribution in [0.2, 0.25) is 0 Å². The Bertz CT molecular complexity index is 974. The molecule has 0 bridgehead atoms. The largest absolute Gasteiger partial charge is 0.487 e. The van der Waals surface area contributed by atoms with Gasteiger partial charge < -0.3 is 47.4 Å². The summed E-state index contributed by atoms with van der Waals surface area (Å²) in [5.41, 5.74) is 0.687. The zero-order chi connectivity index (χ0) is 28.4. The van der Waals surface area contributed by atoms with Crippen molar-refractivity contribution in [2.24, 2.45) is 0 Å². The van der Waals surface area contributed by atoms with Gasteiger partial charge >= 0.3 is 11.9 Å². The van der Waals surface area contributed by atoms with Crippen molar-refractivity contribution >= 4 is 11.9 Å². The van der Waals surface area contributed by atoms with E-state index in [9.17, 15) is 9.59 Å². The summed E-state index contributed by atoms with van der Waals surface area (Å²) in [7, 11) is 2.63. The monoisotopic (exact) mass is 564 g/mol. The second-order valence-corrected chi connectivity index (χ2v) is 8.15. The summed E-state index contributed by atoms with van der Waals surface area (Å²) in [6.07, 6.45) is 0. The van der Waals surface area contributed by atoms with E-state index in [1.807, 2.05) is 0 Å². The molecule has 0 amide bonds. The molecule has 0 saturated heterocycles. The summed E-state index contributed by atoms with van der Waals surface area (Å²) >= 11 is 0. The number of esters is 2. The number of methoxy groups -OCH3 is 2. The second-order valence-electron chi connectivity index (χ2n) is 8.15. The highest BCUT2D eigenvalue weighted by atomic mass is 16.6. The lowest BCUT2D eigenvalue weighted by Gasteiger charge is -2.15. The van der Waals surface area contributed by atoms with Gasteiger partial charge in [0, 0.05) is 0 Å². The van der Waals surface area contributed by atoms with Crippen molar-refractivity contribution in [1.82, 2.24) is 0 Å². The molecule has 220 valence electrons. The summed E-state index contributed by atoms with van der Waals surface area (Å²) in [4.78, 5) is 23.8. The number of carbonyl (C=O) groups is 2. The Kier molecular flexibility index (Phi) is 13.9. The first-order valence-corrected chi connectivity index (χ1v) is 12.9. The summed E-state index contributed by atoms with van der Waals surface area (Å²) in [5.74, 6) is 0.786. The number of hydrogen-bond acceptors (Lipinski definition) is 12. The first-order valence-electron chi connectivity index (χ1n) is 12.9. The molecule has 0 unspecified atom stereocenters. The molecule has 2 aromatic rings. The predicted molar refractivity (Wildman–Crippen MR) is 141 cm³/mol. The molecule has 40 heavy (non-hydrogen) atoms. The topological polar surface area (TPSA) is 126 Å². The molecule has 1 aliphatic rings. The van der Waals surface area contributed by atoms with Crippen molar-refractivity contribution in [2.75, 3.05) is 93.5 Å². The van der Waals surface area contributed by atoms with Crippen molar-refractivity contribution < 1.29 is 57.0 Å². The minimum Gasteiger partial charge on any atom is -0.487 e. The van der Waals surface area contributed by atoms with Crippen LogP contribution in [0, 0.1) is 0 Å². The molecule has 0 aromatic heterocycles. The maximum absolute atomic E-state index is 11.9. The number of fused-ring (bicyclic) bond motifs is 2. The third kappa shape index (κ3) is 10.5. The fourth-order valence-corrected chi connectivity index (χ4v) is 3.46. The van der Waals surface area contributed by atoms with Crippen LogP contribution in [-0.4, -0.2) is 105 Å². The van der Waals surface area contributed by atoms with Crippen molar-refractivity contribution in [3.63, 3.8) is 0 Å². The highest BCUT2D eigenvalue weighted by molar-refractivity contribution is 5.90. The first-order chi connectivity index (χ1) is 19.6. The zero-order valence-electron chi connectivity index (χ0n) is 22.8. The maximum Gasteiger partial charge on any atom is 0.337 e. The lowest BCUT2D eigenvalue weighted by Crippen LogP contribution is -2.16. The van der Waals surface area contributed by atoms with Gasteiger partial charge in [0.05, 0.1) is 78.2 Å². The highest BCUT2D eigenvalue weighted by Crippen LogP contribution is 2.30. The van der Waals surface area contributed by atoms with Crippen LogP contribution in [0.1, 0.15) is 20.7 Å². The van der Waals surface area contributed by atoms with Gasteiger partial charge in [-0.25, -0.2) is 9.59 Å². The normalized spacial score (nSPS) is 16.6. The van der Waals surface area contributed by atoms with Crippen LogP contribution in [-0.2, 0) is 28.4 Å². The summed E-state index contributed by atoms with van der Waals surface area (Å²) < 4.78 is 55.0. The highest BCUT2D eigenvalue weighted by Gasteiger charge is 2.14. The molecule has 1 heterocycles. The Morgan fingerprint density at radius 3 is 1.10 bits per heavy atom. The van der Waals surface area contributed by atoms with Crippen molar-refractivity contribution in [2.45, 2.75) is 0 Å². The molecule has 1 aliphatic heterocycles. The third-order valence-electron chi connectivity index (χ3n) is 5.41. The lowest BCUT2D eigenvalue weighted by molar-refractivity contribution is 0.0223. The number of rotatable bonds is 2. The fourth-order valence-electron chi connectivity index (χ4n) is 3.46. The van der Waals surface area contributed by atoms with E-state index in [1.54, 1.807) is 36.4 Å². The molecule has 12 nitrogen and oxygen atoms in total. The molecule has 3 rings (SSSR count). The zero-order valence-corrected chi connectivity index (χ0v) is 22.8. The van der Waals surface area contributed by atoms with Gasteiger partial charge in [0.2, 0.25) is 0 Å². The summed E-state index contributed by atoms with van der Waals surface area (Å²) in [6.45, 7) is 3.69. The van der Waals surface area contributed by atoms with E-state index < -0.39 is 11.9 Å². The minimum atomic E-state index is -0.477. The van der Waals surface area contributed by atoms with Crippen LogP contribution >= 0.6 is 0 Å². The summed E-state index contributed by atoms with van der Waals surface area (Å²) in [5, 5.41) is 0. The Morgan fingerprint density at radius 1 is 0.475 bits per heavy atom.